The number of carbonyl (C=O) groups is 1. The van der Waals surface area contributed by atoms with Gasteiger partial charge in [-0.3, -0.25) is 14.7 Å². The summed E-state index contributed by atoms with van der Waals surface area (Å²) in [4.78, 5) is 24.8. The maximum atomic E-state index is 11.7. The predicted octanol–water partition coefficient (Wildman–Crippen LogP) is 0.275. The van der Waals surface area contributed by atoms with Crippen LogP contribution in [-0.4, -0.2) is 77.8 Å². The standard InChI is InChI=1S/C19H27N5O6S/c1-14(12-21-31(26,27)22-30-13-25)23-6-8-24(9-7-23)17-4-5-20-16-11-19(29-3)18(28-2)10-15(16)17/h4-5,10-11,13-14,21-22H,6-9,12H2,1-3H3. The minimum absolute atomic E-state index is 0.0103. The smallest absolute Gasteiger partial charge is 0.314 e. The summed E-state index contributed by atoms with van der Waals surface area (Å²) in [6, 6.07) is 5.76. The van der Waals surface area contributed by atoms with E-state index in [0.29, 0.717) is 11.5 Å². The Morgan fingerprint density at radius 1 is 1.16 bits per heavy atom. The van der Waals surface area contributed by atoms with Crippen LogP contribution in [0.25, 0.3) is 10.9 Å². The number of fused-ring (bicyclic) bond motifs is 1. The van der Waals surface area contributed by atoms with E-state index in [1.807, 2.05) is 25.1 Å². The Morgan fingerprint density at radius 3 is 2.48 bits per heavy atom. The van der Waals surface area contributed by atoms with E-state index in [1.54, 1.807) is 25.3 Å². The van der Waals surface area contributed by atoms with Crippen LogP contribution in [0.15, 0.2) is 24.4 Å². The van der Waals surface area contributed by atoms with Crippen molar-refractivity contribution in [2.24, 2.45) is 0 Å². The number of benzene rings is 1. The number of anilines is 1. The average Bonchev–Trinajstić information content (AvgIpc) is 2.80. The number of nitrogens with zero attached hydrogens (tertiary/aromatic N) is 3. The minimum atomic E-state index is -3.89. The molecule has 1 aromatic carbocycles. The number of pyridine rings is 1. The van der Waals surface area contributed by atoms with Gasteiger partial charge in [0.25, 0.3) is 0 Å². The van der Waals surface area contributed by atoms with Crippen LogP contribution in [0, 0.1) is 0 Å². The number of rotatable bonds is 10. The van der Waals surface area contributed by atoms with Gasteiger partial charge < -0.3 is 19.2 Å². The molecule has 1 fully saturated rings. The molecule has 2 N–H and O–H groups in total. The summed E-state index contributed by atoms with van der Waals surface area (Å²) in [5, 5.41) is 0.982. The zero-order valence-corrected chi connectivity index (χ0v) is 18.5. The number of methoxy groups -OCH3 is 2. The molecule has 1 aromatic heterocycles. The van der Waals surface area contributed by atoms with E-state index < -0.39 is 10.2 Å². The van der Waals surface area contributed by atoms with E-state index in [0.717, 1.165) is 42.8 Å². The number of aromatic nitrogens is 1. The van der Waals surface area contributed by atoms with Gasteiger partial charge in [-0.15, -0.1) is 0 Å². The van der Waals surface area contributed by atoms with Crippen molar-refractivity contribution in [3.63, 3.8) is 0 Å². The van der Waals surface area contributed by atoms with Crippen LogP contribution in [-0.2, 0) is 19.8 Å². The SMILES string of the molecule is COc1cc2nccc(N3CCN(C(C)CNS(=O)(=O)NOC=O)CC3)c2cc1OC. The molecular weight excluding hydrogens is 426 g/mol. The molecule has 2 heterocycles. The Balaban J connectivity index is 1.65. The number of carbonyl (C=O) groups excluding carboxylic acids is 1. The van der Waals surface area contributed by atoms with Gasteiger partial charge >= 0.3 is 16.7 Å². The zero-order chi connectivity index (χ0) is 22.4. The molecule has 3 rings (SSSR count). The Labute approximate surface area is 181 Å². The van der Waals surface area contributed by atoms with Gasteiger partial charge in [0.2, 0.25) is 0 Å². The summed E-state index contributed by atoms with van der Waals surface area (Å²) in [6.07, 6.45) is 1.78. The summed E-state index contributed by atoms with van der Waals surface area (Å²) in [5.41, 5.74) is 1.89. The molecule has 1 unspecified atom stereocenters. The van der Waals surface area contributed by atoms with Crippen molar-refractivity contribution >= 4 is 33.3 Å². The topological polar surface area (TPSA) is 122 Å². The Bertz CT molecular complexity index is 1010. The summed E-state index contributed by atoms with van der Waals surface area (Å²) in [6.45, 7) is 5.21. The fourth-order valence-corrected chi connectivity index (χ4v) is 4.29. The fourth-order valence-electron chi connectivity index (χ4n) is 3.61. The lowest BCUT2D eigenvalue weighted by molar-refractivity contribution is -0.131. The molecule has 170 valence electrons. The molecule has 2 aromatic rings. The molecule has 11 nitrogen and oxygen atoms in total. The Morgan fingerprint density at radius 2 is 1.84 bits per heavy atom. The molecule has 31 heavy (non-hydrogen) atoms. The number of hydrogen-bond acceptors (Lipinski definition) is 9. The first kappa shape index (κ1) is 23.0. The highest BCUT2D eigenvalue weighted by Gasteiger charge is 2.24. The third kappa shape index (κ3) is 5.53. The van der Waals surface area contributed by atoms with Crippen LogP contribution < -0.4 is 24.0 Å². The van der Waals surface area contributed by atoms with E-state index in [4.69, 9.17) is 9.47 Å². The molecule has 1 aliphatic heterocycles. The highest BCUT2D eigenvalue weighted by atomic mass is 32.2. The first-order chi connectivity index (χ1) is 14.9. The van der Waals surface area contributed by atoms with Gasteiger partial charge in [-0.2, -0.15) is 13.1 Å². The van der Waals surface area contributed by atoms with Crippen molar-refractivity contribution < 1.29 is 27.5 Å². The minimum Gasteiger partial charge on any atom is -0.493 e. The van der Waals surface area contributed by atoms with Crippen LogP contribution in [0.2, 0.25) is 0 Å². The first-order valence-corrected chi connectivity index (χ1v) is 11.2. The van der Waals surface area contributed by atoms with Gasteiger partial charge in [0.05, 0.1) is 19.7 Å². The lowest BCUT2D eigenvalue weighted by atomic mass is 10.1. The molecule has 0 aliphatic carbocycles. The second kappa shape index (κ2) is 10.1. The second-order valence-corrected chi connectivity index (χ2v) is 8.54. The zero-order valence-electron chi connectivity index (χ0n) is 17.7. The van der Waals surface area contributed by atoms with E-state index >= 15 is 0 Å². The fraction of sp³-hybridized carbons (Fsp3) is 0.474. The quantitative estimate of drug-likeness (QED) is 0.386. The van der Waals surface area contributed by atoms with Gasteiger partial charge in [-0.25, -0.2) is 0 Å². The molecule has 1 saturated heterocycles. The summed E-state index contributed by atoms with van der Waals surface area (Å²) >= 11 is 0. The van der Waals surface area contributed by atoms with Gasteiger partial charge in [-0.1, -0.05) is 0 Å². The third-order valence-corrected chi connectivity index (χ3v) is 6.14. The molecule has 12 heteroatoms. The van der Waals surface area contributed by atoms with E-state index in [1.165, 1.54) is 0 Å². The Hall–Kier alpha value is -2.67. The van der Waals surface area contributed by atoms with Crippen molar-refractivity contribution in [2.75, 3.05) is 51.8 Å². The largest absolute Gasteiger partial charge is 0.493 e. The van der Waals surface area contributed by atoms with Crippen LogP contribution >= 0.6 is 0 Å². The van der Waals surface area contributed by atoms with Crippen molar-refractivity contribution in [3.8, 4) is 11.5 Å². The van der Waals surface area contributed by atoms with Gasteiger partial charge in [0.1, 0.15) is 0 Å². The second-order valence-electron chi connectivity index (χ2n) is 7.08. The normalized spacial score (nSPS) is 16.2. The van der Waals surface area contributed by atoms with Crippen LogP contribution in [0.3, 0.4) is 0 Å². The Kier molecular flexibility index (Phi) is 7.49. The van der Waals surface area contributed by atoms with E-state index in [-0.39, 0.29) is 19.1 Å². The number of nitrogens with one attached hydrogen (secondary N) is 2. The lowest BCUT2D eigenvalue weighted by Crippen LogP contribution is -2.53. The molecule has 0 spiro atoms. The van der Waals surface area contributed by atoms with Crippen molar-refractivity contribution in [2.45, 2.75) is 13.0 Å². The van der Waals surface area contributed by atoms with Crippen LogP contribution in [0.1, 0.15) is 6.92 Å². The highest BCUT2D eigenvalue weighted by Crippen LogP contribution is 2.35. The highest BCUT2D eigenvalue weighted by molar-refractivity contribution is 7.87. The predicted molar refractivity (Wildman–Crippen MR) is 115 cm³/mol. The summed E-state index contributed by atoms with van der Waals surface area (Å²) in [5.74, 6) is 1.28. The lowest BCUT2D eigenvalue weighted by Gasteiger charge is -2.39. The molecule has 0 bridgehead atoms. The molecule has 0 radical (unpaired) electrons. The number of ether oxygens (including phenoxy) is 2. The maximum Gasteiger partial charge on any atom is 0.314 e. The van der Waals surface area contributed by atoms with E-state index in [2.05, 4.69) is 24.3 Å². The number of hydrogen-bond donors (Lipinski definition) is 2. The maximum absolute atomic E-state index is 11.7. The molecule has 1 atom stereocenters. The summed E-state index contributed by atoms with van der Waals surface area (Å²) < 4.78 is 36.5. The molecule has 0 saturated carbocycles. The van der Waals surface area contributed by atoms with E-state index in [9.17, 15) is 13.2 Å². The van der Waals surface area contributed by atoms with Gasteiger partial charge in [0, 0.05) is 62.1 Å². The van der Waals surface area contributed by atoms with Crippen molar-refractivity contribution in [3.05, 3.63) is 24.4 Å². The van der Waals surface area contributed by atoms with Crippen LogP contribution in [0.4, 0.5) is 5.69 Å². The molecular formula is C19H27N5O6S. The first-order valence-electron chi connectivity index (χ1n) is 9.74. The summed E-state index contributed by atoms with van der Waals surface area (Å²) in [7, 11) is -0.685. The third-order valence-electron chi connectivity index (χ3n) is 5.28. The molecule has 0 amide bonds. The number of piperazine rings is 1. The van der Waals surface area contributed by atoms with Crippen molar-refractivity contribution in [1.82, 2.24) is 19.5 Å². The van der Waals surface area contributed by atoms with Crippen LogP contribution in [0.5, 0.6) is 11.5 Å². The average molecular weight is 454 g/mol. The van der Waals surface area contributed by atoms with Gasteiger partial charge in [0.15, 0.2) is 11.5 Å². The molecule has 1 aliphatic rings. The monoisotopic (exact) mass is 453 g/mol. The van der Waals surface area contributed by atoms with Crippen molar-refractivity contribution in [1.29, 1.82) is 0 Å². The van der Waals surface area contributed by atoms with Gasteiger partial charge in [-0.05, 0) is 23.9 Å².